The van der Waals surface area contributed by atoms with Gasteiger partial charge in [0, 0.05) is 50.1 Å². The summed E-state index contributed by atoms with van der Waals surface area (Å²) in [6, 6.07) is 11.4. The zero-order valence-corrected chi connectivity index (χ0v) is 21.0. The minimum atomic E-state index is -1.14. The molecule has 0 aliphatic carbocycles. The Labute approximate surface area is 191 Å². The van der Waals surface area contributed by atoms with Gasteiger partial charge in [-0.2, -0.15) is 5.10 Å². The number of ether oxygens (including phenoxy) is 1. The molecule has 7 heteroatoms. The summed E-state index contributed by atoms with van der Waals surface area (Å²) in [5.41, 5.74) is 7.06. The largest absolute Gasteiger partial charge is 0.360 e. The van der Waals surface area contributed by atoms with Gasteiger partial charge in [-0.05, 0) is 43.2 Å². The van der Waals surface area contributed by atoms with E-state index >= 15 is 0 Å². The SMILES string of the molecule is Cc1cccc(-c2nn(COCC[Si](C)(C)C)c(C(C)C)c2-c2ccc3nccn3c2)n1. The first-order chi connectivity index (χ1) is 15.2. The van der Waals surface area contributed by atoms with Crippen LogP contribution >= 0.6 is 0 Å². The lowest BCUT2D eigenvalue weighted by molar-refractivity contribution is 0.0761. The van der Waals surface area contributed by atoms with Crippen LogP contribution < -0.4 is 0 Å². The van der Waals surface area contributed by atoms with Crippen LogP contribution in [0.4, 0.5) is 0 Å². The maximum Gasteiger partial charge on any atom is 0.139 e. The third-order valence-corrected chi connectivity index (χ3v) is 7.26. The molecule has 4 rings (SSSR count). The third-order valence-electron chi connectivity index (χ3n) is 5.56. The van der Waals surface area contributed by atoms with Crippen molar-refractivity contribution in [3.05, 3.63) is 60.3 Å². The molecule has 0 unspecified atom stereocenters. The first-order valence-electron chi connectivity index (χ1n) is 11.3. The molecule has 0 saturated heterocycles. The molecule has 0 aromatic carbocycles. The molecule has 4 heterocycles. The topological polar surface area (TPSA) is 57.2 Å². The number of pyridine rings is 2. The fourth-order valence-electron chi connectivity index (χ4n) is 3.90. The Hall–Kier alpha value is -2.77. The van der Waals surface area contributed by atoms with Gasteiger partial charge in [-0.3, -0.25) is 4.98 Å². The van der Waals surface area contributed by atoms with Crippen molar-refractivity contribution in [3.8, 4) is 22.5 Å². The van der Waals surface area contributed by atoms with Crippen molar-refractivity contribution in [1.29, 1.82) is 0 Å². The van der Waals surface area contributed by atoms with Crippen molar-refractivity contribution in [3.63, 3.8) is 0 Å². The van der Waals surface area contributed by atoms with E-state index in [-0.39, 0.29) is 5.92 Å². The number of fused-ring (bicyclic) bond motifs is 1. The van der Waals surface area contributed by atoms with Gasteiger partial charge in [0.15, 0.2) is 0 Å². The van der Waals surface area contributed by atoms with Crippen molar-refractivity contribution in [1.82, 2.24) is 24.1 Å². The highest BCUT2D eigenvalue weighted by atomic mass is 28.3. The smallest absolute Gasteiger partial charge is 0.139 e. The summed E-state index contributed by atoms with van der Waals surface area (Å²) in [6.07, 6.45) is 5.92. The summed E-state index contributed by atoms with van der Waals surface area (Å²) < 4.78 is 10.2. The van der Waals surface area contributed by atoms with E-state index in [1.165, 1.54) is 0 Å². The van der Waals surface area contributed by atoms with E-state index in [9.17, 15) is 0 Å². The lowest BCUT2D eigenvalue weighted by Gasteiger charge is -2.17. The Morgan fingerprint density at radius 3 is 2.62 bits per heavy atom. The average Bonchev–Trinajstić information content (AvgIpc) is 3.34. The van der Waals surface area contributed by atoms with Crippen molar-refractivity contribution >= 4 is 13.7 Å². The van der Waals surface area contributed by atoms with E-state index < -0.39 is 8.07 Å². The molecule has 0 radical (unpaired) electrons. The van der Waals surface area contributed by atoms with Crippen molar-refractivity contribution in [2.45, 2.75) is 59.1 Å². The zero-order valence-electron chi connectivity index (χ0n) is 20.0. The first kappa shape index (κ1) is 22.4. The fourth-order valence-corrected chi connectivity index (χ4v) is 4.65. The van der Waals surface area contributed by atoms with Gasteiger partial charge in [0.2, 0.25) is 0 Å². The summed E-state index contributed by atoms with van der Waals surface area (Å²) in [4.78, 5) is 9.19. The van der Waals surface area contributed by atoms with Crippen molar-refractivity contribution < 1.29 is 4.74 Å². The van der Waals surface area contributed by atoms with E-state index in [1.807, 2.05) is 42.2 Å². The second kappa shape index (κ2) is 9.00. The normalized spacial score (nSPS) is 12.2. The molecule has 0 fully saturated rings. The first-order valence-corrected chi connectivity index (χ1v) is 15.0. The van der Waals surface area contributed by atoms with Gasteiger partial charge in [0.25, 0.3) is 0 Å². The van der Waals surface area contributed by atoms with Crippen LogP contribution in [-0.4, -0.2) is 38.8 Å². The molecule has 0 bridgehead atoms. The molecular formula is C25H33N5OSi. The fraction of sp³-hybridized carbons (Fsp3) is 0.400. The monoisotopic (exact) mass is 447 g/mol. The van der Waals surface area contributed by atoms with Gasteiger partial charge >= 0.3 is 0 Å². The van der Waals surface area contributed by atoms with Gasteiger partial charge < -0.3 is 9.14 Å². The molecule has 168 valence electrons. The maximum atomic E-state index is 6.11. The Bertz CT molecular complexity index is 1220. The number of hydrogen-bond acceptors (Lipinski definition) is 4. The third kappa shape index (κ3) is 4.84. The van der Waals surface area contributed by atoms with E-state index in [0.717, 1.165) is 52.2 Å². The van der Waals surface area contributed by atoms with E-state index in [1.54, 1.807) is 0 Å². The summed E-state index contributed by atoms with van der Waals surface area (Å²) in [5.74, 6) is 0.273. The molecule has 6 nitrogen and oxygen atoms in total. The number of nitrogens with zero attached hydrogens (tertiary/aromatic N) is 5. The molecule has 0 spiro atoms. The minimum Gasteiger partial charge on any atom is -0.360 e. The second-order valence-corrected chi connectivity index (χ2v) is 15.5. The van der Waals surface area contributed by atoms with Gasteiger partial charge in [0.1, 0.15) is 18.1 Å². The molecule has 0 N–H and O–H groups in total. The molecule has 0 aliphatic heterocycles. The van der Waals surface area contributed by atoms with Crippen molar-refractivity contribution in [2.24, 2.45) is 0 Å². The minimum absolute atomic E-state index is 0.273. The number of rotatable bonds is 8. The second-order valence-electron chi connectivity index (χ2n) is 9.89. The summed E-state index contributed by atoms with van der Waals surface area (Å²) in [6.45, 7) is 14.8. The highest BCUT2D eigenvalue weighted by Gasteiger charge is 2.24. The Morgan fingerprint density at radius 2 is 1.91 bits per heavy atom. The predicted molar refractivity (Wildman–Crippen MR) is 133 cm³/mol. The number of aryl methyl sites for hydroxylation is 1. The van der Waals surface area contributed by atoms with E-state index in [2.05, 4.69) is 61.2 Å². The quantitative estimate of drug-likeness (QED) is 0.245. The summed E-state index contributed by atoms with van der Waals surface area (Å²) in [5, 5.41) is 5.04. The predicted octanol–water partition coefficient (Wildman–Crippen LogP) is 6.00. The molecule has 4 aromatic rings. The van der Waals surface area contributed by atoms with Crippen LogP contribution in [0.1, 0.15) is 31.2 Å². The van der Waals surface area contributed by atoms with Crippen LogP contribution in [0.25, 0.3) is 28.2 Å². The maximum absolute atomic E-state index is 6.11. The van der Waals surface area contributed by atoms with Crippen LogP contribution in [0.15, 0.2) is 48.9 Å². The van der Waals surface area contributed by atoms with Gasteiger partial charge in [-0.1, -0.05) is 39.6 Å². The summed E-state index contributed by atoms with van der Waals surface area (Å²) in [7, 11) is -1.14. The Balaban J connectivity index is 1.82. The average molecular weight is 448 g/mol. The molecule has 32 heavy (non-hydrogen) atoms. The van der Waals surface area contributed by atoms with Crippen LogP contribution in [0.3, 0.4) is 0 Å². The highest BCUT2D eigenvalue weighted by Crippen LogP contribution is 2.37. The van der Waals surface area contributed by atoms with Crippen molar-refractivity contribution in [2.75, 3.05) is 6.61 Å². The number of hydrogen-bond donors (Lipinski definition) is 0. The van der Waals surface area contributed by atoms with Gasteiger partial charge in [-0.15, -0.1) is 0 Å². The van der Waals surface area contributed by atoms with Gasteiger partial charge in [0.05, 0.1) is 11.4 Å². The van der Waals surface area contributed by atoms with E-state index in [4.69, 9.17) is 14.8 Å². The number of imidazole rings is 1. The Kier molecular flexibility index (Phi) is 6.30. The number of aromatic nitrogens is 5. The molecule has 0 atom stereocenters. The van der Waals surface area contributed by atoms with E-state index in [0.29, 0.717) is 6.73 Å². The molecule has 0 aliphatic rings. The molecule has 0 saturated carbocycles. The highest BCUT2D eigenvalue weighted by molar-refractivity contribution is 6.76. The lowest BCUT2D eigenvalue weighted by Crippen LogP contribution is -2.22. The molecule has 0 amide bonds. The summed E-state index contributed by atoms with van der Waals surface area (Å²) >= 11 is 0. The van der Waals surface area contributed by atoms with Crippen LogP contribution in [0.2, 0.25) is 25.7 Å². The van der Waals surface area contributed by atoms with Crippen LogP contribution in [-0.2, 0) is 11.5 Å². The standard InChI is InChI=1S/C25H33N5OSi/c1-18(2)25-23(20-10-11-22-26-12-13-29(22)16-20)24(21-9-7-8-19(3)27-21)28-30(25)17-31-14-15-32(4,5)6/h7-13,16,18H,14-15,17H2,1-6H3. The lowest BCUT2D eigenvalue weighted by atomic mass is 9.97. The van der Waals surface area contributed by atoms with Gasteiger partial charge in [-0.25, -0.2) is 9.67 Å². The Morgan fingerprint density at radius 1 is 1.09 bits per heavy atom. The molecule has 4 aromatic heterocycles. The van der Waals surface area contributed by atoms with Crippen LogP contribution in [0, 0.1) is 6.92 Å². The van der Waals surface area contributed by atoms with Crippen LogP contribution in [0.5, 0.6) is 0 Å². The zero-order chi connectivity index (χ0) is 22.9. The molecular weight excluding hydrogens is 414 g/mol.